The van der Waals surface area contributed by atoms with Crippen LogP contribution in [0.4, 0.5) is 0 Å². The number of esters is 1. The molecule has 1 amide bonds. The first-order valence-corrected chi connectivity index (χ1v) is 11.8. The van der Waals surface area contributed by atoms with Crippen LogP contribution in [0.15, 0.2) is 23.1 Å². The van der Waals surface area contributed by atoms with Crippen LogP contribution in [-0.2, 0) is 19.4 Å². The lowest BCUT2D eigenvalue weighted by molar-refractivity contribution is -0.137. The van der Waals surface area contributed by atoms with Gasteiger partial charge in [-0.2, -0.15) is 0 Å². The topological polar surface area (TPSA) is 80.8 Å². The maximum atomic E-state index is 12.6. The maximum absolute atomic E-state index is 12.6. The van der Waals surface area contributed by atoms with Crippen molar-refractivity contribution in [3.8, 4) is 0 Å². The highest BCUT2D eigenvalue weighted by Crippen LogP contribution is 2.32. The molecule has 2 aliphatic rings. The Morgan fingerprint density at radius 3 is 2.58 bits per heavy atom. The summed E-state index contributed by atoms with van der Waals surface area (Å²) < 4.78 is 28.6. The Morgan fingerprint density at radius 1 is 1.27 bits per heavy atom. The lowest BCUT2D eigenvalue weighted by atomic mass is 10.2. The number of hydrogen-bond acceptors (Lipinski definition) is 6. The Kier molecular flexibility index (Phi) is 5.84. The molecule has 9 heteroatoms. The molecule has 1 heterocycles. The number of nitrogens with zero attached hydrogens (tertiary/aromatic N) is 1. The molecule has 0 unspecified atom stereocenters. The molecular weight excluding hydrogens is 398 g/mol. The Balaban J connectivity index is 1.64. The van der Waals surface area contributed by atoms with Gasteiger partial charge >= 0.3 is 5.97 Å². The van der Waals surface area contributed by atoms with Crippen molar-refractivity contribution in [2.24, 2.45) is 0 Å². The minimum absolute atomic E-state index is 0.00914. The van der Waals surface area contributed by atoms with Gasteiger partial charge in [-0.25, -0.2) is 13.2 Å². The van der Waals surface area contributed by atoms with Crippen LogP contribution in [-0.4, -0.2) is 61.6 Å². The van der Waals surface area contributed by atoms with E-state index in [1.807, 2.05) is 6.26 Å². The van der Waals surface area contributed by atoms with Crippen molar-refractivity contribution in [2.75, 3.05) is 24.4 Å². The van der Waals surface area contributed by atoms with Crippen molar-refractivity contribution >= 4 is 45.1 Å². The lowest BCUT2D eigenvalue weighted by Gasteiger charge is -2.28. The first kappa shape index (κ1) is 19.5. The Bertz CT molecular complexity index is 822. The molecule has 26 heavy (non-hydrogen) atoms. The van der Waals surface area contributed by atoms with E-state index in [0.29, 0.717) is 6.42 Å². The third-order valence-corrected chi connectivity index (χ3v) is 7.36. The zero-order chi connectivity index (χ0) is 18.9. The number of amides is 1. The second-order valence-corrected chi connectivity index (χ2v) is 10.0. The van der Waals surface area contributed by atoms with Crippen LogP contribution in [0.25, 0.3) is 0 Å². The van der Waals surface area contributed by atoms with E-state index >= 15 is 0 Å². The number of rotatable bonds is 6. The van der Waals surface area contributed by atoms with E-state index in [-0.39, 0.29) is 40.1 Å². The van der Waals surface area contributed by atoms with Gasteiger partial charge in [0.15, 0.2) is 16.4 Å². The lowest BCUT2D eigenvalue weighted by Crippen LogP contribution is -2.44. The van der Waals surface area contributed by atoms with Crippen molar-refractivity contribution in [3.63, 3.8) is 0 Å². The average molecular weight is 418 g/mol. The molecule has 0 spiro atoms. The molecule has 0 aromatic heterocycles. The number of carbonyl (C=O) groups excluding carboxylic acids is 2. The van der Waals surface area contributed by atoms with E-state index in [0.717, 1.165) is 17.7 Å². The van der Waals surface area contributed by atoms with Gasteiger partial charge in [-0.1, -0.05) is 11.6 Å². The fourth-order valence-corrected chi connectivity index (χ4v) is 5.47. The first-order valence-electron chi connectivity index (χ1n) is 8.33. The average Bonchev–Trinajstić information content (AvgIpc) is 3.36. The molecule has 1 atom stereocenters. The van der Waals surface area contributed by atoms with Crippen LogP contribution in [0.1, 0.15) is 29.6 Å². The summed E-state index contributed by atoms with van der Waals surface area (Å²) in [5, 5.41) is 0.265. The van der Waals surface area contributed by atoms with Crippen molar-refractivity contribution < 1.29 is 22.7 Å². The van der Waals surface area contributed by atoms with E-state index < -0.39 is 22.4 Å². The fraction of sp³-hybridized carbons (Fsp3) is 0.529. The molecule has 1 saturated carbocycles. The molecule has 1 aromatic carbocycles. The molecule has 2 fully saturated rings. The van der Waals surface area contributed by atoms with Crippen LogP contribution in [0.5, 0.6) is 0 Å². The van der Waals surface area contributed by atoms with E-state index in [1.165, 1.54) is 11.8 Å². The third kappa shape index (κ3) is 4.53. The second kappa shape index (κ2) is 7.78. The molecule has 3 rings (SSSR count). The van der Waals surface area contributed by atoms with Gasteiger partial charge in [-0.05, 0) is 43.7 Å². The molecule has 0 N–H and O–H groups in total. The largest absolute Gasteiger partial charge is 0.452 e. The predicted octanol–water partition coefficient (Wildman–Crippen LogP) is 2.40. The predicted molar refractivity (Wildman–Crippen MR) is 100 cm³/mol. The molecule has 0 bridgehead atoms. The summed E-state index contributed by atoms with van der Waals surface area (Å²) in [6.45, 7) is -0.411. The standard InChI is InChI=1S/C17H20ClNO5S2/c1-25-13-4-5-15(18)14(8-13)17(21)24-9-16(20)19(11-2-3-11)12-6-7-26(22,23)10-12/h4-5,8,11-12H,2-3,6-7,9-10H2,1H3/t12-/m1/s1. The highest BCUT2D eigenvalue weighted by atomic mass is 35.5. The third-order valence-electron chi connectivity index (χ3n) is 4.55. The van der Waals surface area contributed by atoms with Gasteiger partial charge in [0.25, 0.3) is 5.91 Å². The molecule has 1 aliphatic heterocycles. The summed E-state index contributed by atoms with van der Waals surface area (Å²) in [5.41, 5.74) is 0.215. The quantitative estimate of drug-likeness (QED) is 0.522. The number of thioether (sulfide) groups is 1. The van der Waals surface area contributed by atoms with E-state index in [2.05, 4.69) is 0 Å². The molecule has 1 saturated heterocycles. The van der Waals surface area contributed by atoms with Gasteiger partial charge in [0.1, 0.15) is 0 Å². The van der Waals surface area contributed by atoms with Crippen LogP contribution in [0.3, 0.4) is 0 Å². The molecule has 1 aromatic rings. The SMILES string of the molecule is CSc1ccc(Cl)c(C(=O)OCC(=O)N(C2CC2)[C@@H]2CCS(=O)(=O)C2)c1. The fourth-order valence-electron chi connectivity index (χ4n) is 3.12. The zero-order valence-corrected chi connectivity index (χ0v) is 16.7. The molecule has 1 aliphatic carbocycles. The Hall–Kier alpha value is -1.25. The number of halogens is 1. The minimum Gasteiger partial charge on any atom is -0.452 e. The van der Waals surface area contributed by atoms with Crippen molar-refractivity contribution in [3.05, 3.63) is 28.8 Å². The molecular formula is C17H20ClNO5S2. The van der Waals surface area contributed by atoms with Gasteiger partial charge in [-0.15, -0.1) is 11.8 Å². The summed E-state index contributed by atoms with van der Waals surface area (Å²) in [4.78, 5) is 27.3. The molecule has 142 valence electrons. The normalized spacial score (nSPS) is 21.4. The van der Waals surface area contributed by atoms with E-state index in [4.69, 9.17) is 16.3 Å². The van der Waals surface area contributed by atoms with Crippen molar-refractivity contribution in [2.45, 2.75) is 36.2 Å². The first-order chi connectivity index (χ1) is 12.3. The maximum Gasteiger partial charge on any atom is 0.340 e. The summed E-state index contributed by atoms with van der Waals surface area (Å²) in [7, 11) is -3.09. The second-order valence-electron chi connectivity index (χ2n) is 6.51. The monoisotopic (exact) mass is 417 g/mol. The summed E-state index contributed by atoms with van der Waals surface area (Å²) >= 11 is 7.52. The number of benzene rings is 1. The molecule has 0 radical (unpaired) electrons. The van der Waals surface area contributed by atoms with E-state index in [1.54, 1.807) is 23.1 Å². The summed E-state index contributed by atoms with van der Waals surface area (Å²) in [5.74, 6) is -0.912. The number of hydrogen-bond donors (Lipinski definition) is 0. The number of carbonyl (C=O) groups is 2. The Labute approximate surface area is 162 Å². The van der Waals surface area contributed by atoms with Gasteiger partial charge in [-0.3, -0.25) is 4.79 Å². The van der Waals surface area contributed by atoms with Gasteiger partial charge in [0, 0.05) is 17.0 Å². The smallest absolute Gasteiger partial charge is 0.340 e. The number of sulfone groups is 1. The van der Waals surface area contributed by atoms with Crippen LogP contribution >= 0.6 is 23.4 Å². The highest BCUT2D eigenvalue weighted by Gasteiger charge is 2.42. The van der Waals surface area contributed by atoms with Crippen molar-refractivity contribution in [1.29, 1.82) is 0 Å². The van der Waals surface area contributed by atoms with Crippen LogP contribution < -0.4 is 0 Å². The van der Waals surface area contributed by atoms with Gasteiger partial charge < -0.3 is 9.64 Å². The summed E-state index contributed by atoms with van der Waals surface area (Å²) in [6, 6.07) is 4.78. The van der Waals surface area contributed by atoms with Gasteiger partial charge in [0.2, 0.25) is 0 Å². The van der Waals surface area contributed by atoms with E-state index in [9.17, 15) is 18.0 Å². The Morgan fingerprint density at radius 2 is 2.00 bits per heavy atom. The van der Waals surface area contributed by atoms with Crippen LogP contribution in [0, 0.1) is 0 Å². The molecule has 6 nitrogen and oxygen atoms in total. The van der Waals surface area contributed by atoms with Crippen molar-refractivity contribution in [1.82, 2.24) is 4.90 Å². The van der Waals surface area contributed by atoms with Gasteiger partial charge in [0.05, 0.1) is 22.1 Å². The van der Waals surface area contributed by atoms with Crippen LogP contribution in [0.2, 0.25) is 5.02 Å². The minimum atomic E-state index is -3.09. The zero-order valence-electron chi connectivity index (χ0n) is 14.3. The summed E-state index contributed by atoms with van der Waals surface area (Å²) in [6.07, 6.45) is 4.04. The number of ether oxygens (including phenoxy) is 1. The highest BCUT2D eigenvalue weighted by molar-refractivity contribution is 7.98.